The van der Waals surface area contributed by atoms with E-state index in [2.05, 4.69) is 5.32 Å². The first-order valence-electron chi connectivity index (χ1n) is 13.1. The monoisotopic (exact) mass is 575 g/mol. The second-order valence-electron chi connectivity index (χ2n) is 9.69. The number of unbranched alkanes of at least 4 members (excludes halogenated alkanes) is 1. The molecule has 1 fully saturated rings. The van der Waals surface area contributed by atoms with E-state index in [-0.39, 0.29) is 31.4 Å². The largest absolute Gasteiger partial charge is 0.465 e. The number of hydrogen-bond acceptors (Lipinski definition) is 13. The Morgan fingerprint density at radius 2 is 1.77 bits per heavy atom. The van der Waals surface area contributed by atoms with Crippen molar-refractivity contribution in [1.82, 2.24) is 5.32 Å². The highest BCUT2D eigenvalue weighted by Crippen LogP contribution is 2.29. The maximum atomic E-state index is 11.9. The van der Waals surface area contributed by atoms with Crippen molar-refractivity contribution in [3.8, 4) is 0 Å². The maximum Gasteiger partial charge on any atom is 0.307 e. The molecule has 0 aliphatic carbocycles. The van der Waals surface area contributed by atoms with Crippen molar-refractivity contribution in [1.29, 1.82) is 0 Å². The molecule has 2 rings (SSSR count). The smallest absolute Gasteiger partial charge is 0.307 e. The number of carbonyl (C=O) groups is 4. The third-order valence-electron chi connectivity index (χ3n) is 5.54. The van der Waals surface area contributed by atoms with Gasteiger partial charge in [-0.25, -0.2) is 0 Å². The van der Waals surface area contributed by atoms with Gasteiger partial charge >= 0.3 is 17.9 Å². The SMILES string of the molecule is CCCCO[C@@H](CNC(C)=O)OC1COC(C)(C)O[C@H]1CO[C@@H]1OC=C(OC(C)=O)C(OC(C)=O)C1OC(C)=O. The average molecular weight is 576 g/mol. The molecule has 1 saturated heterocycles. The fourth-order valence-corrected chi connectivity index (χ4v) is 3.83. The van der Waals surface area contributed by atoms with E-state index in [9.17, 15) is 19.2 Å². The standard InChI is InChI=1S/C26H41NO13/c1-8-9-10-32-22(11-27-15(2)28)39-19-14-35-26(6,7)40-20(19)12-33-25-24(38-18(5)31)23(37-17(4)30)21(13-34-25)36-16(3)29/h13,19-20,22-25H,8-12,14H2,1-7H3,(H,27,28)/t19?,20-,22+,23?,24?,25+/m0/s1. The van der Waals surface area contributed by atoms with Crippen LogP contribution in [0.1, 0.15) is 61.3 Å². The van der Waals surface area contributed by atoms with E-state index >= 15 is 0 Å². The van der Waals surface area contributed by atoms with Crippen LogP contribution in [-0.4, -0.2) is 93.0 Å². The summed E-state index contributed by atoms with van der Waals surface area (Å²) in [6.07, 6.45) is -3.27. The van der Waals surface area contributed by atoms with Crippen LogP contribution in [0.15, 0.2) is 12.0 Å². The van der Waals surface area contributed by atoms with Gasteiger partial charge in [-0.1, -0.05) is 13.3 Å². The van der Waals surface area contributed by atoms with Gasteiger partial charge in [-0.3, -0.25) is 19.2 Å². The summed E-state index contributed by atoms with van der Waals surface area (Å²) in [6.45, 7) is 10.9. The van der Waals surface area contributed by atoms with E-state index in [1.54, 1.807) is 13.8 Å². The molecule has 0 saturated carbocycles. The molecule has 2 aliphatic heterocycles. The highest BCUT2D eigenvalue weighted by molar-refractivity contribution is 5.72. The van der Waals surface area contributed by atoms with E-state index in [4.69, 9.17) is 42.6 Å². The molecule has 0 radical (unpaired) electrons. The van der Waals surface area contributed by atoms with E-state index in [1.165, 1.54) is 6.92 Å². The third-order valence-corrected chi connectivity index (χ3v) is 5.54. The Balaban J connectivity index is 2.21. The number of esters is 3. The zero-order valence-corrected chi connectivity index (χ0v) is 24.1. The van der Waals surface area contributed by atoms with E-state index in [0.29, 0.717) is 6.61 Å². The number of nitrogens with one attached hydrogen (secondary N) is 1. The lowest BCUT2D eigenvalue weighted by Gasteiger charge is -2.42. The molecule has 2 aliphatic rings. The van der Waals surface area contributed by atoms with Gasteiger partial charge in [0.05, 0.1) is 19.8 Å². The Morgan fingerprint density at radius 1 is 1.07 bits per heavy atom. The van der Waals surface area contributed by atoms with Crippen LogP contribution in [-0.2, 0) is 61.8 Å². The number of hydrogen-bond donors (Lipinski definition) is 1. The fraction of sp³-hybridized carbons (Fsp3) is 0.769. The van der Waals surface area contributed by atoms with Crippen LogP contribution in [0, 0.1) is 0 Å². The number of carbonyl (C=O) groups excluding carboxylic acids is 4. The van der Waals surface area contributed by atoms with Gasteiger partial charge in [0.15, 0.2) is 17.8 Å². The zero-order chi connectivity index (χ0) is 29.9. The first-order chi connectivity index (χ1) is 18.8. The van der Waals surface area contributed by atoms with Crippen LogP contribution < -0.4 is 5.32 Å². The normalized spacial score (nSPS) is 26.5. The summed E-state index contributed by atoms with van der Waals surface area (Å²) in [4.78, 5) is 46.7. The molecule has 0 spiro atoms. The van der Waals surface area contributed by atoms with Gasteiger partial charge in [0.1, 0.15) is 18.5 Å². The summed E-state index contributed by atoms with van der Waals surface area (Å²) in [5, 5.41) is 2.68. The molecule has 0 aromatic rings. The molecule has 228 valence electrons. The topological polar surface area (TPSA) is 163 Å². The lowest BCUT2D eigenvalue weighted by atomic mass is 10.1. The maximum absolute atomic E-state index is 11.9. The van der Waals surface area contributed by atoms with Crippen molar-refractivity contribution >= 4 is 23.8 Å². The molecular formula is C26H41NO13. The molecule has 14 heteroatoms. The second-order valence-corrected chi connectivity index (χ2v) is 9.69. The first-order valence-corrected chi connectivity index (χ1v) is 13.1. The second kappa shape index (κ2) is 15.9. The molecule has 40 heavy (non-hydrogen) atoms. The minimum absolute atomic E-state index is 0.112. The molecular weight excluding hydrogens is 534 g/mol. The van der Waals surface area contributed by atoms with Crippen LogP contribution in [0.2, 0.25) is 0 Å². The predicted molar refractivity (Wildman–Crippen MR) is 135 cm³/mol. The van der Waals surface area contributed by atoms with Gasteiger partial charge in [0, 0.05) is 34.3 Å². The van der Waals surface area contributed by atoms with Crippen LogP contribution in [0.25, 0.3) is 0 Å². The van der Waals surface area contributed by atoms with Gasteiger partial charge in [-0.15, -0.1) is 0 Å². The highest BCUT2D eigenvalue weighted by Gasteiger charge is 2.46. The number of amides is 1. The van der Waals surface area contributed by atoms with E-state index < -0.39 is 60.7 Å². The summed E-state index contributed by atoms with van der Waals surface area (Å²) in [5.74, 6) is -3.49. The van der Waals surface area contributed by atoms with Crippen LogP contribution in [0.5, 0.6) is 0 Å². The number of ether oxygens (including phenoxy) is 9. The Kier molecular flexibility index (Phi) is 13.3. The van der Waals surface area contributed by atoms with Crippen molar-refractivity contribution in [2.45, 2.75) is 104 Å². The van der Waals surface area contributed by atoms with Crippen LogP contribution >= 0.6 is 0 Å². The number of rotatable bonds is 14. The Bertz CT molecular complexity index is 905. The van der Waals surface area contributed by atoms with Gasteiger partial charge in [-0.05, 0) is 20.3 Å². The van der Waals surface area contributed by atoms with Gasteiger partial charge < -0.3 is 47.9 Å². The lowest BCUT2D eigenvalue weighted by Crippen LogP contribution is -2.55. The van der Waals surface area contributed by atoms with Crippen LogP contribution in [0.4, 0.5) is 0 Å². The van der Waals surface area contributed by atoms with E-state index in [0.717, 1.165) is 39.9 Å². The molecule has 0 aromatic carbocycles. The summed E-state index contributed by atoms with van der Waals surface area (Å²) in [5.41, 5.74) is 0. The quantitative estimate of drug-likeness (QED) is 0.137. The zero-order valence-electron chi connectivity index (χ0n) is 24.1. The van der Waals surface area contributed by atoms with Crippen molar-refractivity contribution in [2.75, 3.05) is 26.4 Å². The molecule has 1 N–H and O–H groups in total. The molecule has 0 bridgehead atoms. The molecule has 14 nitrogen and oxygen atoms in total. The van der Waals surface area contributed by atoms with Crippen LogP contribution in [0.3, 0.4) is 0 Å². The minimum atomic E-state index is -1.31. The van der Waals surface area contributed by atoms with E-state index in [1.807, 2.05) is 6.92 Å². The lowest BCUT2D eigenvalue weighted by molar-refractivity contribution is -0.340. The summed E-state index contributed by atoms with van der Waals surface area (Å²) in [7, 11) is 0. The first kappa shape index (κ1) is 33.4. The highest BCUT2D eigenvalue weighted by atomic mass is 16.8. The third kappa shape index (κ3) is 11.4. The van der Waals surface area contributed by atoms with Crippen molar-refractivity contribution in [3.63, 3.8) is 0 Å². The Labute approximate surface area is 233 Å². The summed E-state index contributed by atoms with van der Waals surface area (Å²) in [6, 6.07) is 0. The molecule has 3 unspecified atom stereocenters. The minimum Gasteiger partial charge on any atom is -0.465 e. The molecule has 0 aromatic heterocycles. The Hall–Kier alpha value is -2.78. The van der Waals surface area contributed by atoms with Gasteiger partial charge in [0.25, 0.3) is 0 Å². The summed E-state index contributed by atoms with van der Waals surface area (Å²) < 4.78 is 51.1. The van der Waals surface area contributed by atoms with Gasteiger partial charge in [0.2, 0.25) is 24.4 Å². The van der Waals surface area contributed by atoms with Crippen molar-refractivity contribution in [2.24, 2.45) is 0 Å². The van der Waals surface area contributed by atoms with Crippen molar-refractivity contribution in [3.05, 3.63) is 12.0 Å². The molecule has 2 heterocycles. The van der Waals surface area contributed by atoms with Crippen molar-refractivity contribution < 1.29 is 61.8 Å². The fourth-order valence-electron chi connectivity index (χ4n) is 3.83. The summed E-state index contributed by atoms with van der Waals surface area (Å²) >= 11 is 0. The molecule has 6 atom stereocenters. The van der Waals surface area contributed by atoms with Gasteiger partial charge in [-0.2, -0.15) is 0 Å². The predicted octanol–water partition coefficient (Wildman–Crippen LogP) is 1.44. The molecule has 1 amide bonds. The average Bonchev–Trinajstić information content (AvgIpc) is 2.84. The Morgan fingerprint density at radius 3 is 2.38 bits per heavy atom.